The lowest BCUT2D eigenvalue weighted by Gasteiger charge is -2.15. The van der Waals surface area contributed by atoms with Gasteiger partial charge in [0.1, 0.15) is 0 Å². The highest BCUT2D eigenvalue weighted by Gasteiger charge is 2.16. The minimum absolute atomic E-state index is 0.424. The van der Waals surface area contributed by atoms with Crippen LogP contribution in [0.15, 0.2) is 30.5 Å². The second-order valence-corrected chi connectivity index (χ2v) is 11.6. The van der Waals surface area contributed by atoms with Crippen LogP contribution in [0.5, 0.6) is 0 Å². The Morgan fingerprint density at radius 1 is 1.30 bits per heavy atom. The van der Waals surface area contributed by atoms with Crippen LogP contribution in [0.3, 0.4) is 0 Å². The number of hydrogen-bond acceptors (Lipinski definition) is 3. The first-order valence-corrected chi connectivity index (χ1v) is 10.4. The minimum atomic E-state index is -1.22. The molecule has 106 valence electrons. The van der Waals surface area contributed by atoms with Crippen molar-refractivity contribution in [2.75, 3.05) is 6.61 Å². The molecule has 0 saturated heterocycles. The predicted molar refractivity (Wildman–Crippen MR) is 82.2 cm³/mol. The predicted octanol–water partition coefficient (Wildman–Crippen LogP) is 3.78. The number of para-hydroxylation sites is 1. The molecule has 0 radical (unpaired) electrons. The van der Waals surface area contributed by atoms with E-state index in [9.17, 15) is 9.59 Å². The van der Waals surface area contributed by atoms with Crippen molar-refractivity contribution in [2.24, 2.45) is 0 Å². The molecule has 4 nitrogen and oxygen atoms in total. The maximum atomic E-state index is 12.1. The number of nitrogens with zero attached hydrogens (tertiary/aromatic N) is 1. The number of aldehydes is 1. The Hall–Kier alpha value is -1.88. The number of rotatable bonds is 4. The highest BCUT2D eigenvalue weighted by atomic mass is 28.3. The Labute approximate surface area is 119 Å². The number of ether oxygens (including phenoxy) is 1. The van der Waals surface area contributed by atoms with Gasteiger partial charge in [0.25, 0.3) is 0 Å². The standard InChI is InChI=1S/C15H19NO3Si/c1-20(2,3)9-8-19-15(18)16-10-12(11-17)13-6-4-5-7-14(13)16/h4-7,10-11H,8-9H2,1-3H3. The van der Waals surface area contributed by atoms with Crippen molar-refractivity contribution in [1.82, 2.24) is 4.57 Å². The lowest BCUT2D eigenvalue weighted by molar-refractivity contribution is 0.112. The maximum absolute atomic E-state index is 12.1. The number of fused-ring (bicyclic) bond motifs is 1. The summed E-state index contributed by atoms with van der Waals surface area (Å²) in [4.78, 5) is 23.2. The molecule has 0 fully saturated rings. The summed E-state index contributed by atoms with van der Waals surface area (Å²) in [5.74, 6) is 0. The van der Waals surface area contributed by atoms with Crippen LogP contribution >= 0.6 is 0 Å². The number of carbonyl (C=O) groups is 2. The molecule has 1 aromatic carbocycles. The Morgan fingerprint density at radius 2 is 2.00 bits per heavy atom. The van der Waals surface area contributed by atoms with Crippen LogP contribution in [0.2, 0.25) is 25.7 Å². The minimum Gasteiger partial charge on any atom is -0.449 e. The van der Waals surface area contributed by atoms with Gasteiger partial charge in [-0.25, -0.2) is 4.79 Å². The van der Waals surface area contributed by atoms with Crippen molar-refractivity contribution < 1.29 is 14.3 Å². The molecule has 0 bridgehead atoms. The van der Waals surface area contributed by atoms with E-state index in [0.717, 1.165) is 17.7 Å². The number of hydrogen-bond donors (Lipinski definition) is 0. The van der Waals surface area contributed by atoms with Crippen molar-refractivity contribution in [3.05, 3.63) is 36.0 Å². The smallest absolute Gasteiger partial charge is 0.418 e. The molecule has 0 spiro atoms. The van der Waals surface area contributed by atoms with Crippen LogP contribution in [0, 0.1) is 0 Å². The molecule has 0 saturated carbocycles. The highest BCUT2D eigenvalue weighted by Crippen LogP contribution is 2.20. The van der Waals surface area contributed by atoms with E-state index in [1.54, 1.807) is 0 Å². The van der Waals surface area contributed by atoms with Crippen LogP contribution in [0.1, 0.15) is 10.4 Å². The van der Waals surface area contributed by atoms with Crippen molar-refractivity contribution in [1.29, 1.82) is 0 Å². The molecule has 2 rings (SSSR count). The third-order valence-corrected chi connectivity index (χ3v) is 4.85. The maximum Gasteiger partial charge on any atom is 0.418 e. The summed E-state index contributed by atoms with van der Waals surface area (Å²) in [5.41, 5.74) is 1.20. The quantitative estimate of drug-likeness (QED) is 0.635. The fourth-order valence-corrected chi connectivity index (χ4v) is 2.68. The highest BCUT2D eigenvalue weighted by molar-refractivity contribution is 6.76. The molecule has 1 aromatic heterocycles. The van der Waals surface area contributed by atoms with E-state index in [2.05, 4.69) is 19.6 Å². The van der Waals surface area contributed by atoms with Crippen LogP contribution in [-0.2, 0) is 4.74 Å². The average molecular weight is 289 g/mol. The molecule has 0 amide bonds. The van der Waals surface area contributed by atoms with E-state index in [-0.39, 0.29) is 0 Å². The first-order valence-electron chi connectivity index (χ1n) is 6.65. The normalized spacial score (nSPS) is 11.6. The summed E-state index contributed by atoms with van der Waals surface area (Å²) in [6.07, 6.45) is 1.87. The first-order chi connectivity index (χ1) is 9.42. The van der Waals surface area contributed by atoms with Gasteiger partial charge in [-0.15, -0.1) is 0 Å². The first kappa shape index (κ1) is 14.5. The Kier molecular flexibility index (Phi) is 4.08. The molecular weight excluding hydrogens is 270 g/mol. The summed E-state index contributed by atoms with van der Waals surface area (Å²) in [6.45, 7) is 7.13. The fourth-order valence-electron chi connectivity index (χ4n) is 1.97. The molecule has 2 aromatic rings. The fraction of sp³-hybridized carbons (Fsp3) is 0.333. The second kappa shape index (κ2) is 5.62. The van der Waals surface area contributed by atoms with Gasteiger partial charge in [-0.05, 0) is 12.1 Å². The van der Waals surface area contributed by atoms with Gasteiger partial charge in [0.15, 0.2) is 6.29 Å². The number of benzene rings is 1. The molecule has 0 N–H and O–H groups in total. The molecule has 0 unspecified atom stereocenters. The number of aromatic nitrogens is 1. The van der Waals surface area contributed by atoms with Crippen molar-refractivity contribution in [3.8, 4) is 0 Å². The van der Waals surface area contributed by atoms with E-state index in [1.807, 2.05) is 24.3 Å². The van der Waals surface area contributed by atoms with E-state index in [4.69, 9.17) is 4.74 Å². The summed E-state index contributed by atoms with van der Waals surface area (Å²) in [6, 6.07) is 8.24. The monoisotopic (exact) mass is 289 g/mol. The lowest BCUT2D eigenvalue weighted by Crippen LogP contribution is -2.23. The molecular formula is C15H19NO3Si. The van der Waals surface area contributed by atoms with Gasteiger partial charge in [-0.2, -0.15) is 0 Å². The van der Waals surface area contributed by atoms with Crippen LogP contribution in [0.25, 0.3) is 10.9 Å². The van der Waals surface area contributed by atoms with Gasteiger partial charge in [0.2, 0.25) is 0 Å². The molecule has 1 heterocycles. The SMILES string of the molecule is C[Si](C)(C)CCOC(=O)n1cc(C=O)c2ccccc21. The van der Waals surface area contributed by atoms with E-state index in [1.165, 1.54) is 10.8 Å². The van der Waals surface area contributed by atoms with Gasteiger partial charge < -0.3 is 4.74 Å². The molecule has 0 aliphatic heterocycles. The molecule has 0 atom stereocenters. The second-order valence-electron chi connectivity index (χ2n) is 6.01. The Morgan fingerprint density at radius 3 is 2.65 bits per heavy atom. The summed E-state index contributed by atoms with van der Waals surface area (Å²) in [7, 11) is -1.22. The van der Waals surface area contributed by atoms with Crippen molar-refractivity contribution >= 4 is 31.4 Å². The third kappa shape index (κ3) is 3.16. The van der Waals surface area contributed by atoms with Crippen LogP contribution < -0.4 is 0 Å². The zero-order valence-corrected chi connectivity index (χ0v) is 13.1. The topological polar surface area (TPSA) is 48.3 Å². The largest absolute Gasteiger partial charge is 0.449 e. The molecule has 0 aliphatic rings. The van der Waals surface area contributed by atoms with Crippen molar-refractivity contribution in [3.63, 3.8) is 0 Å². The van der Waals surface area contributed by atoms with E-state index >= 15 is 0 Å². The van der Waals surface area contributed by atoms with E-state index < -0.39 is 14.2 Å². The van der Waals surface area contributed by atoms with Gasteiger partial charge in [-0.1, -0.05) is 37.8 Å². The third-order valence-electron chi connectivity index (χ3n) is 3.14. The zero-order chi connectivity index (χ0) is 14.8. The Balaban J connectivity index is 2.20. The number of carbonyl (C=O) groups excluding carboxylic acids is 2. The van der Waals surface area contributed by atoms with Gasteiger partial charge in [0.05, 0.1) is 12.1 Å². The van der Waals surface area contributed by atoms with Crippen LogP contribution in [-0.4, -0.2) is 31.6 Å². The summed E-state index contributed by atoms with van der Waals surface area (Å²) >= 11 is 0. The van der Waals surface area contributed by atoms with Gasteiger partial charge in [-0.3, -0.25) is 9.36 Å². The average Bonchev–Trinajstić information content (AvgIpc) is 2.76. The zero-order valence-electron chi connectivity index (χ0n) is 12.1. The van der Waals surface area contributed by atoms with Gasteiger partial charge in [0, 0.05) is 25.2 Å². The molecule has 0 aliphatic carbocycles. The van der Waals surface area contributed by atoms with Crippen molar-refractivity contribution in [2.45, 2.75) is 25.7 Å². The lowest BCUT2D eigenvalue weighted by atomic mass is 10.2. The van der Waals surface area contributed by atoms with Gasteiger partial charge >= 0.3 is 6.09 Å². The molecule has 5 heteroatoms. The van der Waals surface area contributed by atoms with E-state index in [0.29, 0.717) is 17.7 Å². The van der Waals surface area contributed by atoms with Crippen LogP contribution in [0.4, 0.5) is 4.79 Å². The summed E-state index contributed by atoms with van der Waals surface area (Å²) in [5, 5.41) is 0.768. The summed E-state index contributed by atoms with van der Waals surface area (Å²) < 4.78 is 6.72. The molecule has 20 heavy (non-hydrogen) atoms. The Bertz CT molecular complexity index is 640.